The van der Waals surface area contributed by atoms with Gasteiger partial charge >= 0.3 is 5.97 Å². The van der Waals surface area contributed by atoms with Crippen molar-refractivity contribution in [2.75, 3.05) is 26.2 Å². The Labute approximate surface area is 109 Å². The summed E-state index contributed by atoms with van der Waals surface area (Å²) in [4.78, 5) is 27.1. The van der Waals surface area contributed by atoms with Crippen molar-refractivity contribution in [3.05, 3.63) is 0 Å². The van der Waals surface area contributed by atoms with Gasteiger partial charge in [-0.3, -0.25) is 14.5 Å². The molecule has 104 valence electrons. The molecule has 1 aliphatic rings. The van der Waals surface area contributed by atoms with Gasteiger partial charge in [-0.15, -0.1) is 0 Å². The molecule has 1 unspecified atom stereocenters. The molecule has 0 spiro atoms. The minimum absolute atomic E-state index is 0.0226. The summed E-state index contributed by atoms with van der Waals surface area (Å²) in [6.45, 7) is 7.85. The van der Waals surface area contributed by atoms with E-state index in [1.165, 1.54) is 0 Å². The van der Waals surface area contributed by atoms with E-state index < -0.39 is 11.5 Å². The molecule has 0 radical (unpaired) electrons. The summed E-state index contributed by atoms with van der Waals surface area (Å²) in [6.07, 6.45) is 2.50. The van der Waals surface area contributed by atoms with Crippen molar-refractivity contribution >= 4 is 11.9 Å². The van der Waals surface area contributed by atoms with Crippen LogP contribution in [0.15, 0.2) is 0 Å². The van der Waals surface area contributed by atoms with Crippen molar-refractivity contribution in [1.82, 2.24) is 9.80 Å². The van der Waals surface area contributed by atoms with E-state index in [1.54, 1.807) is 11.8 Å². The van der Waals surface area contributed by atoms with E-state index in [0.717, 1.165) is 12.8 Å². The Hall–Kier alpha value is -1.10. The number of likely N-dealkylation sites (tertiary alicyclic amines) is 1. The lowest BCUT2D eigenvalue weighted by atomic mass is 9.88. The van der Waals surface area contributed by atoms with Crippen molar-refractivity contribution in [2.45, 2.75) is 45.6 Å². The number of rotatable bonds is 5. The number of hydrogen-bond donors (Lipinski definition) is 1. The Kier molecular flexibility index (Phi) is 5.14. The van der Waals surface area contributed by atoms with E-state index in [9.17, 15) is 14.7 Å². The van der Waals surface area contributed by atoms with Crippen LogP contribution < -0.4 is 0 Å². The monoisotopic (exact) mass is 256 g/mol. The summed E-state index contributed by atoms with van der Waals surface area (Å²) in [5, 5.41) is 9.37. The molecule has 1 heterocycles. The number of likely N-dealkylation sites (N-methyl/N-ethyl adjacent to an activating group) is 1. The Morgan fingerprint density at radius 2 is 1.89 bits per heavy atom. The van der Waals surface area contributed by atoms with Crippen molar-refractivity contribution in [2.24, 2.45) is 0 Å². The number of carboxylic acids is 1. The van der Waals surface area contributed by atoms with Crippen LogP contribution in [-0.4, -0.2) is 58.5 Å². The molecule has 1 aliphatic heterocycles. The van der Waals surface area contributed by atoms with E-state index in [-0.39, 0.29) is 12.5 Å². The van der Waals surface area contributed by atoms with Crippen LogP contribution in [0.2, 0.25) is 0 Å². The van der Waals surface area contributed by atoms with Crippen LogP contribution in [0.25, 0.3) is 0 Å². The first kappa shape index (κ1) is 15.0. The first-order valence-electron chi connectivity index (χ1n) is 6.72. The molecule has 1 amide bonds. The lowest BCUT2D eigenvalue weighted by Crippen LogP contribution is -2.57. The molecule has 1 saturated heterocycles. The Bertz CT molecular complexity index is 315. The lowest BCUT2D eigenvalue weighted by Gasteiger charge is -2.41. The van der Waals surface area contributed by atoms with E-state index in [0.29, 0.717) is 26.1 Å². The maximum atomic E-state index is 12.1. The van der Waals surface area contributed by atoms with Crippen LogP contribution in [0.4, 0.5) is 0 Å². The zero-order valence-corrected chi connectivity index (χ0v) is 11.6. The van der Waals surface area contributed by atoms with Crippen molar-refractivity contribution < 1.29 is 14.7 Å². The van der Waals surface area contributed by atoms with Crippen molar-refractivity contribution in [3.8, 4) is 0 Å². The van der Waals surface area contributed by atoms with Crippen molar-refractivity contribution in [1.29, 1.82) is 0 Å². The zero-order valence-electron chi connectivity index (χ0n) is 11.6. The third kappa shape index (κ3) is 3.02. The predicted molar refractivity (Wildman–Crippen MR) is 69.4 cm³/mol. The fourth-order valence-corrected chi connectivity index (χ4v) is 2.51. The second kappa shape index (κ2) is 6.18. The predicted octanol–water partition coefficient (Wildman–Crippen LogP) is 1.18. The fraction of sp³-hybridized carbons (Fsp3) is 0.846. The minimum Gasteiger partial charge on any atom is -0.480 e. The van der Waals surface area contributed by atoms with Crippen LogP contribution in [0.1, 0.15) is 40.0 Å². The summed E-state index contributed by atoms with van der Waals surface area (Å²) in [6, 6.07) is 0. The molecule has 1 fully saturated rings. The molecule has 18 heavy (non-hydrogen) atoms. The van der Waals surface area contributed by atoms with Gasteiger partial charge in [0.05, 0.1) is 6.54 Å². The molecule has 5 heteroatoms. The normalized spacial score (nSPS) is 24.8. The Morgan fingerprint density at radius 1 is 1.28 bits per heavy atom. The lowest BCUT2D eigenvalue weighted by molar-refractivity contribution is -0.154. The standard InChI is InChI=1S/C13H24N2O3/c1-4-14(5-2)11(16)10-15-9-7-6-8-13(15,3)12(17)18/h4-10H2,1-3H3,(H,17,18). The second-order valence-electron chi connectivity index (χ2n) is 5.02. The SMILES string of the molecule is CCN(CC)C(=O)CN1CCCCC1(C)C(=O)O. The van der Waals surface area contributed by atoms with Crippen LogP contribution in [0, 0.1) is 0 Å². The van der Waals surface area contributed by atoms with Gasteiger partial charge in [0.15, 0.2) is 0 Å². The minimum atomic E-state index is -0.888. The summed E-state index contributed by atoms with van der Waals surface area (Å²) in [5.41, 5.74) is -0.888. The molecule has 0 aromatic heterocycles. The van der Waals surface area contributed by atoms with Crippen LogP contribution >= 0.6 is 0 Å². The smallest absolute Gasteiger partial charge is 0.323 e. The summed E-state index contributed by atoms with van der Waals surface area (Å²) >= 11 is 0. The number of aliphatic carboxylic acids is 1. The van der Waals surface area contributed by atoms with Crippen molar-refractivity contribution in [3.63, 3.8) is 0 Å². The molecule has 0 aromatic carbocycles. The molecule has 1 N–H and O–H groups in total. The third-order valence-corrected chi connectivity index (χ3v) is 3.94. The van der Waals surface area contributed by atoms with E-state index >= 15 is 0 Å². The largest absolute Gasteiger partial charge is 0.480 e. The summed E-state index contributed by atoms with van der Waals surface area (Å²) in [7, 11) is 0. The second-order valence-corrected chi connectivity index (χ2v) is 5.02. The van der Waals surface area contributed by atoms with Gasteiger partial charge in [0.1, 0.15) is 5.54 Å². The fourth-order valence-electron chi connectivity index (χ4n) is 2.51. The number of hydrogen-bond acceptors (Lipinski definition) is 3. The Morgan fingerprint density at radius 3 is 2.39 bits per heavy atom. The molecule has 0 bridgehead atoms. The number of carbonyl (C=O) groups is 2. The first-order valence-corrected chi connectivity index (χ1v) is 6.72. The number of carbonyl (C=O) groups excluding carboxylic acids is 1. The van der Waals surface area contributed by atoms with E-state index in [4.69, 9.17) is 0 Å². The van der Waals surface area contributed by atoms with Gasteiger partial charge in [-0.1, -0.05) is 0 Å². The number of piperidine rings is 1. The molecule has 0 aliphatic carbocycles. The molecular formula is C13H24N2O3. The molecule has 1 rings (SSSR count). The van der Waals surface area contributed by atoms with Crippen LogP contribution in [-0.2, 0) is 9.59 Å². The van der Waals surface area contributed by atoms with Gasteiger partial charge in [-0.05, 0) is 46.6 Å². The number of nitrogens with zero attached hydrogens (tertiary/aromatic N) is 2. The molecule has 0 saturated carbocycles. The van der Waals surface area contributed by atoms with Gasteiger partial charge in [0.25, 0.3) is 0 Å². The van der Waals surface area contributed by atoms with Gasteiger partial charge in [-0.2, -0.15) is 0 Å². The third-order valence-electron chi connectivity index (χ3n) is 3.94. The summed E-state index contributed by atoms with van der Waals surface area (Å²) in [5.74, 6) is -0.802. The number of carboxylic acid groups (broad SMARTS) is 1. The van der Waals surface area contributed by atoms with E-state index in [1.807, 2.05) is 18.7 Å². The molecule has 5 nitrogen and oxygen atoms in total. The van der Waals surface area contributed by atoms with Crippen LogP contribution in [0.3, 0.4) is 0 Å². The maximum Gasteiger partial charge on any atom is 0.323 e. The maximum absolute atomic E-state index is 12.1. The number of amides is 1. The van der Waals surface area contributed by atoms with Crippen LogP contribution in [0.5, 0.6) is 0 Å². The van der Waals surface area contributed by atoms with Gasteiger partial charge in [0.2, 0.25) is 5.91 Å². The highest BCUT2D eigenvalue weighted by Crippen LogP contribution is 2.28. The Balaban J connectivity index is 2.74. The quantitative estimate of drug-likeness (QED) is 0.802. The molecular weight excluding hydrogens is 232 g/mol. The highest BCUT2D eigenvalue weighted by molar-refractivity contribution is 5.82. The molecule has 0 aromatic rings. The van der Waals surface area contributed by atoms with Gasteiger partial charge < -0.3 is 10.0 Å². The average molecular weight is 256 g/mol. The van der Waals surface area contributed by atoms with Gasteiger partial charge in [0, 0.05) is 13.1 Å². The highest BCUT2D eigenvalue weighted by atomic mass is 16.4. The topological polar surface area (TPSA) is 60.9 Å². The average Bonchev–Trinajstić information content (AvgIpc) is 2.33. The highest BCUT2D eigenvalue weighted by Gasteiger charge is 2.42. The van der Waals surface area contributed by atoms with E-state index in [2.05, 4.69) is 0 Å². The summed E-state index contributed by atoms with van der Waals surface area (Å²) < 4.78 is 0. The molecule has 1 atom stereocenters. The zero-order chi connectivity index (χ0) is 13.8. The first-order chi connectivity index (χ1) is 8.45. The van der Waals surface area contributed by atoms with Gasteiger partial charge in [-0.25, -0.2) is 0 Å².